The third-order valence-electron chi connectivity index (χ3n) is 3.35. The van der Waals surface area contributed by atoms with E-state index in [9.17, 15) is 9.18 Å². The number of rotatable bonds is 7. The molecule has 0 aromatic heterocycles. The number of halogens is 1. The molecule has 2 rings (SSSR count). The number of carbonyl (C=O) groups is 1. The number of hydrogen-bond donors (Lipinski definition) is 0. The largest absolute Gasteiger partial charge is 0.494 e. The minimum absolute atomic E-state index is 0.0925. The first-order valence-electron chi connectivity index (χ1n) is 6.86. The molecule has 0 saturated carbocycles. The molecule has 0 bridgehead atoms. The molecule has 1 amide bonds. The molecular formula is C14H17FN4O2. The fourth-order valence-corrected chi connectivity index (χ4v) is 2.32. The highest BCUT2D eigenvalue weighted by molar-refractivity contribution is 5.78. The Bertz CT molecular complexity index is 528. The van der Waals surface area contributed by atoms with Crippen molar-refractivity contribution in [2.75, 3.05) is 26.2 Å². The molecule has 112 valence electrons. The van der Waals surface area contributed by atoms with Gasteiger partial charge in [-0.3, -0.25) is 4.79 Å². The van der Waals surface area contributed by atoms with Gasteiger partial charge in [-0.25, -0.2) is 4.39 Å². The molecule has 0 radical (unpaired) electrons. The van der Waals surface area contributed by atoms with Crippen LogP contribution in [0.1, 0.15) is 12.8 Å². The van der Waals surface area contributed by atoms with E-state index in [1.807, 2.05) is 0 Å². The Morgan fingerprint density at radius 2 is 2.19 bits per heavy atom. The van der Waals surface area contributed by atoms with Gasteiger partial charge < -0.3 is 9.64 Å². The number of carbonyl (C=O) groups excluding carboxylic acids is 1. The fourth-order valence-electron chi connectivity index (χ4n) is 2.32. The summed E-state index contributed by atoms with van der Waals surface area (Å²) in [6.45, 7) is 2.09. The zero-order chi connectivity index (χ0) is 15.1. The Hall–Kier alpha value is -2.27. The van der Waals surface area contributed by atoms with Crippen molar-refractivity contribution in [2.24, 2.45) is 11.0 Å². The quantitative estimate of drug-likeness (QED) is 0.335. The molecule has 0 spiro atoms. The predicted molar refractivity (Wildman–Crippen MR) is 75.2 cm³/mol. The number of azide groups is 1. The van der Waals surface area contributed by atoms with Crippen LogP contribution < -0.4 is 4.74 Å². The van der Waals surface area contributed by atoms with Crippen LogP contribution in [-0.2, 0) is 4.79 Å². The topological polar surface area (TPSA) is 78.3 Å². The molecule has 1 aromatic carbocycles. The highest BCUT2D eigenvalue weighted by atomic mass is 19.1. The van der Waals surface area contributed by atoms with Crippen LogP contribution in [-0.4, -0.2) is 37.0 Å². The van der Waals surface area contributed by atoms with Gasteiger partial charge in [0.25, 0.3) is 0 Å². The molecule has 0 N–H and O–H groups in total. The first-order chi connectivity index (χ1) is 10.2. The molecule has 0 aliphatic carbocycles. The minimum Gasteiger partial charge on any atom is -0.494 e. The smallest absolute Gasteiger partial charge is 0.222 e. The number of likely N-dealkylation sites (tertiary alicyclic amines) is 1. The van der Waals surface area contributed by atoms with E-state index in [0.29, 0.717) is 44.8 Å². The zero-order valence-corrected chi connectivity index (χ0v) is 11.6. The Balaban J connectivity index is 1.67. The van der Waals surface area contributed by atoms with Gasteiger partial charge in [0.2, 0.25) is 5.91 Å². The van der Waals surface area contributed by atoms with Crippen LogP contribution in [0.4, 0.5) is 4.39 Å². The molecule has 1 fully saturated rings. The van der Waals surface area contributed by atoms with Crippen LogP contribution >= 0.6 is 0 Å². The standard InChI is InChI=1S/C14H17FN4O2/c15-12-2-4-13(5-3-12)21-7-1-6-19-10-11(8-14(19)20)9-17-18-16/h2-5,11H,1,6-10H2. The van der Waals surface area contributed by atoms with E-state index in [-0.39, 0.29) is 17.6 Å². The third-order valence-corrected chi connectivity index (χ3v) is 3.35. The SMILES string of the molecule is [N-]=[N+]=NCC1CC(=O)N(CCCOc2ccc(F)cc2)C1. The maximum absolute atomic E-state index is 12.7. The van der Waals surface area contributed by atoms with Crippen molar-refractivity contribution in [3.63, 3.8) is 0 Å². The van der Waals surface area contributed by atoms with E-state index in [1.165, 1.54) is 12.1 Å². The molecule has 1 heterocycles. The van der Waals surface area contributed by atoms with Gasteiger partial charge in [-0.05, 0) is 42.1 Å². The Morgan fingerprint density at radius 3 is 2.90 bits per heavy atom. The molecule has 7 heteroatoms. The number of ether oxygens (including phenoxy) is 1. The third kappa shape index (κ3) is 4.65. The van der Waals surface area contributed by atoms with Crippen LogP contribution in [0.2, 0.25) is 0 Å². The first-order valence-corrected chi connectivity index (χ1v) is 6.86. The predicted octanol–water partition coefficient (Wildman–Crippen LogP) is 2.75. The maximum atomic E-state index is 12.7. The lowest BCUT2D eigenvalue weighted by Gasteiger charge is -2.16. The summed E-state index contributed by atoms with van der Waals surface area (Å²) in [5.74, 6) is 0.530. The van der Waals surface area contributed by atoms with Crippen LogP contribution in [0.5, 0.6) is 5.75 Å². The van der Waals surface area contributed by atoms with Gasteiger partial charge in [-0.2, -0.15) is 0 Å². The Morgan fingerprint density at radius 1 is 1.43 bits per heavy atom. The zero-order valence-electron chi connectivity index (χ0n) is 11.6. The number of amides is 1. The fraction of sp³-hybridized carbons (Fsp3) is 0.500. The summed E-state index contributed by atoms with van der Waals surface area (Å²) in [5.41, 5.74) is 8.28. The van der Waals surface area contributed by atoms with E-state index < -0.39 is 0 Å². The second-order valence-electron chi connectivity index (χ2n) is 4.98. The van der Waals surface area contributed by atoms with Gasteiger partial charge in [-0.1, -0.05) is 5.11 Å². The summed E-state index contributed by atoms with van der Waals surface area (Å²) >= 11 is 0. The van der Waals surface area contributed by atoms with Gasteiger partial charge in [0.15, 0.2) is 0 Å². The van der Waals surface area contributed by atoms with Crippen LogP contribution in [0.3, 0.4) is 0 Å². The van der Waals surface area contributed by atoms with Gasteiger partial charge in [0.1, 0.15) is 11.6 Å². The highest BCUT2D eigenvalue weighted by Crippen LogP contribution is 2.18. The van der Waals surface area contributed by atoms with Crippen molar-refractivity contribution in [1.82, 2.24) is 4.90 Å². The van der Waals surface area contributed by atoms with E-state index in [0.717, 1.165) is 0 Å². The van der Waals surface area contributed by atoms with Crippen molar-refractivity contribution in [1.29, 1.82) is 0 Å². The number of nitrogens with zero attached hydrogens (tertiary/aromatic N) is 4. The number of benzene rings is 1. The highest BCUT2D eigenvalue weighted by Gasteiger charge is 2.28. The minimum atomic E-state index is -0.295. The summed E-state index contributed by atoms with van der Waals surface area (Å²) in [6, 6.07) is 5.85. The van der Waals surface area contributed by atoms with Crippen molar-refractivity contribution in [2.45, 2.75) is 12.8 Å². The first kappa shape index (κ1) is 15.1. The van der Waals surface area contributed by atoms with E-state index in [2.05, 4.69) is 10.0 Å². The average Bonchev–Trinajstić information content (AvgIpc) is 2.83. The summed E-state index contributed by atoms with van der Waals surface area (Å²) in [4.78, 5) is 16.2. The molecule has 1 aliphatic rings. The summed E-state index contributed by atoms with van der Waals surface area (Å²) in [6.07, 6.45) is 1.15. The van der Waals surface area contributed by atoms with Gasteiger partial charge in [-0.15, -0.1) is 0 Å². The molecule has 1 saturated heterocycles. The van der Waals surface area contributed by atoms with Crippen molar-refractivity contribution in [3.05, 3.63) is 40.5 Å². The molecule has 21 heavy (non-hydrogen) atoms. The molecular weight excluding hydrogens is 275 g/mol. The van der Waals surface area contributed by atoms with Crippen LogP contribution in [0, 0.1) is 11.7 Å². The van der Waals surface area contributed by atoms with Gasteiger partial charge >= 0.3 is 0 Å². The maximum Gasteiger partial charge on any atom is 0.222 e. The van der Waals surface area contributed by atoms with Crippen LogP contribution in [0.15, 0.2) is 29.4 Å². The second-order valence-corrected chi connectivity index (χ2v) is 4.98. The summed E-state index contributed by atoms with van der Waals surface area (Å²) < 4.78 is 18.2. The van der Waals surface area contributed by atoms with E-state index >= 15 is 0 Å². The normalized spacial score (nSPS) is 17.7. The number of hydrogen-bond acceptors (Lipinski definition) is 3. The molecule has 6 nitrogen and oxygen atoms in total. The molecule has 1 unspecified atom stereocenters. The van der Waals surface area contributed by atoms with Crippen LogP contribution in [0.25, 0.3) is 10.4 Å². The summed E-state index contributed by atoms with van der Waals surface area (Å²) in [5, 5.41) is 3.51. The lowest BCUT2D eigenvalue weighted by Crippen LogP contribution is -2.27. The molecule has 1 atom stereocenters. The van der Waals surface area contributed by atoms with Crippen molar-refractivity contribution in [3.8, 4) is 5.75 Å². The lowest BCUT2D eigenvalue weighted by atomic mass is 10.1. The van der Waals surface area contributed by atoms with Gasteiger partial charge in [0.05, 0.1) is 6.61 Å². The molecule has 1 aliphatic heterocycles. The average molecular weight is 292 g/mol. The Kier molecular flexibility index (Phi) is 5.40. The van der Waals surface area contributed by atoms with Crippen molar-refractivity contribution >= 4 is 5.91 Å². The Labute approximate surface area is 122 Å². The van der Waals surface area contributed by atoms with Gasteiger partial charge in [0, 0.05) is 31.0 Å². The van der Waals surface area contributed by atoms with Crippen molar-refractivity contribution < 1.29 is 13.9 Å². The second kappa shape index (κ2) is 7.50. The van der Waals surface area contributed by atoms with E-state index in [1.54, 1.807) is 17.0 Å². The lowest BCUT2D eigenvalue weighted by molar-refractivity contribution is -0.127. The van der Waals surface area contributed by atoms with E-state index in [4.69, 9.17) is 10.3 Å². The monoisotopic (exact) mass is 292 g/mol. The summed E-state index contributed by atoms with van der Waals surface area (Å²) in [7, 11) is 0. The molecule has 1 aromatic rings.